The van der Waals surface area contributed by atoms with Crippen molar-refractivity contribution in [1.29, 1.82) is 0 Å². The minimum absolute atomic E-state index is 0.0240. The number of methoxy groups -OCH3 is 1. The zero-order valence-corrected chi connectivity index (χ0v) is 16.4. The summed E-state index contributed by atoms with van der Waals surface area (Å²) in [5.41, 5.74) is 3.76. The van der Waals surface area contributed by atoms with Crippen molar-refractivity contribution >= 4 is 11.7 Å². The van der Waals surface area contributed by atoms with E-state index in [0.717, 1.165) is 17.0 Å². The smallest absolute Gasteiger partial charge is 0.272 e. The first-order chi connectivity index (χ1) is 14.0. The van der Waals surface area contributed by atoms with E-state index in [1.54, 1.807) is 13.2 Å². The number of halogens is 2. The lowest BCUT2D eigenvalue weighted by Crippen LogP contribution is -2.16. The number of carbonyl (C=O) groups is 1. The lowest BCUT2D eigenvalue weighted by atomic mass is 9.96. The summed E-state index contributed by atoms with van der Waals surface area (Å²) >= 11 is 0. The summed E-state index contributed by atoms with van der Waals surface area (Å²) in [7, 11) is 1.60. The third kappa shape index (κ3) is 5.63. The van der Waals surface area contributed by atoms with Crippen LogP contribution in [0.15, 0.2) is 35.5 Å². The van der Waals surface area contributed by atoms with E-state index in [2.05, 4.69) is 15.0 Å². The van der Waals surface area contributed by atoms with Gasteiger partial charge in [-0.3, -0.25) is 14.8 Å². The molecule has 0 radical (unpaired) electrons. The Morgan fingerprint density at radius 2 is 2.10 bits per heavy atom. The topological polar surface area (TPSA) is 73.7 Å². The molecule has 0 unspecified atom stereocenters. The number of ketones is 1. The summed E-state index contributed by atoms with van der Waals surface area (Å²) in [6, 6.07) is 7.51. The highest BCUT2D eigenvalue weighted by atomic mass is 19.3. The molecule has 3 rings (SSSR count). The number of fused-ring (bicyclic) bond motifs is 1. The minimum atomic E-state index is -2.56. The van der Waals surface area contributed by atoms with Gasteiger partial charge in [-0.15, -0.1) is 0 Å². The molecule has 1 aliphatic rings. The van der Waals surface area contributed by atoms with Gasteiger partial charge in [0.25, 0.3) is 6.43 Å². The second-order valence-corrected chi connectivity index (χ2v) is 6.93. The van der Waals surface area contributed by atoms with Gasteiger partial charge in [0, 0.05) is 49.1 Å². The van der Waals surface area contributed by atoms with Gasteiger partial charge in [0.15, 0.2) is 6.61 Å². The minimum Gasteiger partial charge on any atom is -0.471 e. The highest BCUT2D eigenvalue weighted by molar-refractivity contribution is 5.97. The maximum absolute atomic E-state index is 12.6. The summed E-state index contributed by atoms with van der Waals surface area (Å²) in [6.45, 7) is 1.94. The maximum atomic E-state index is 12.6. The highest BCUT2D eigenvalue weighted by Gasteiger charge is 2.22. The summed E-state index contributed by atoms with van der Waals surface area (Å²) in [4.78, 5) is 25.6. The van der Waals surface area contributed by atoms with E-state index >= 15 is 0 Å². The number of nitrogens with zero attached hydrogens (tertiary/aromatic N) is 3. The Morgan fingerprint density at radius 1 is 1.28 bits per heavy atom. The van der Waals surface area contributed by atoms with Crippen LogP contribution in [0.2, 0.25) is 0 Å². The number of rotatable bonds is 9. The number of pyridine rings is 2. The number of carbonyl (C=O) groups excluding carboxylic acids is 1. The Bertz CT molecular complexity index is 902. The van der Waals surface area contributed by atoms with E-state index in [-0.39, 0.29) is 24.0 Å². The van der Waals surface area contributed by atoms with E-state index < -0.39 is 13.0 Å². The first-order valence-corrected chi connectivity index (χ1v) is 9.34. The molecule has 0 amide bonds. The molecule has 0 aliphatic carbocycles. The van der Waals surface area contributed by atoms with Gasteiger partial charge in [0.2, 0.25) is 5.90 Å². The van der Waals surface area contributed by atoms with Crippen LogP contribution >= 0.6 is 0 Å². The Hall–Kier alpha value is -2.74. The number of alkyl halides is 2. The second-order valence-electron chi connectivity index (χ2n) is 6.93. The number of Topliss-reactive ketones (excluding diaryl/α,β-unsaturated/α-hetero) is 1. The Balaban J connectivity index is 1.63. The normalized spacial score (nSPS) is 13.9. The van der Waals surface area contributed by atoms with E-state index in [1.807, 2.05) is 25.1 Å². The molecule has 1 aliphatic heterocycles. The molecule has 0 aromatic carbocycles. The molecule has 154 valence electrons. The van der Waals surface area contributed by atoms with Gasteiger partial charge in [-0.2, -0.15) is 0 Å². The fourth-order valence-electron chi connectivity index (χ4n) is 3.26. The largest absolute Gasteiger partial charge is 0.471 e. The van der Waals surface area contributed by atoms with Crippen LogP contribution in [0.4, 0.5) is 8.78 Å². The summed E-state index contributed by atoms with van der Waals surface area (Å²) < 4.78 is 35.0. The van der Waals surface area contributed by atoms with Crippen LogP contribution in [0.5, 0.6) is 0 Å². The SMILES string of the molecule is COC[C@@H](CC(=O)Cc1cc2c(cn1)C(OCC(F)F)=NC2)c1cccc(C)n1. The van der Waals surface area contributed by atoms with E-state index in [0.29, 0.717) is 30.8 Å². The number of hydrogen-bond acceptors (Lipinski definition) is 6. The first-order valence-electron chi connectivity index (χ1n) is 9.34. The van der Waals surface area contributed by atoms with Crippen molar-refractivity contribution in [2.45, 2.75) is 38.7 Å². The summed E-state index contributed by atoms with van der Waals surface area (Å²) in [5, 5.41) is 0. The number of hydrogen-bond donors (Lipinski definition) is 0. The van der Waals surface area contributed by atoms with E-state index in [1.165, 1.54) is 6.20 Å². The fraction of sp³-hybridized carbons (Fsp3) is 0.429. The number of aromatic nitrogens is 2. The third-order valence-corrected chi connectivity index (χ3v) is 4.56. The van der Waals surface area contributed by atoms with Crippen molar-refractivity contribution in [1.82, 2.24) is 9.97 Å². The van der Waals surface area contributed by atoms with Gasteiger partial charge in [0.1, 0.15) is 5.78 Å². The zero-order valence-electron chi connectivity index (χ0n) is 16.4. The standard InChI is InChI=1S/C21H23F2N3O3/c1-13-4-3-5-19(26-13)15(11-28-2)7-17(27)8-16-6-14-9-25-21(18(14)10-24-16)29-12-20(22)23/h3-6,10,15,20H,7-9,11-12H2,1-2H3/t15-/m1/s1. The van der Waals surface area contributed by atoms with Crippen molar-refractivity contribution in [3.63, 3.8) is 0 Å². The molecule has 0 N–H and O–H groups in total. The summed E-state index contributed by atoms with van der Waals surface area (Å²) in [5.74, 6) is 0.0757. The van der Waals surface area contributed by atoms with Crippen LogP contribution in [0.25, 0.3) is 0 Å². The predicted octanol–water partition coefficient (Wildman–Crippen LogP) is 3.26. The van der Waals surface area contributed by atoms with Crippen LogP contribution in [0.3, 0.4) is 0 Å². The van der Waals surface area contributed by atoms with Gasteiger partial charge in [0.05, 0.1) is 18.7 Å². The molecule has 8 heteroatoms. The average molecular weight is 403 g/mol. The van der Waals surface area contributed by atoms with Crippen molar-refractivity contribution < 1.29 is 23.0 Å². The van der Waals surface area contributed by atoms with Gasteiger partial charge >= 0.3 is 0 Å². The lowest BCUT2D eigenvalue weighted by Gasteiger charge is -2.15. The molecule has 0 saturated carbocycles. The fourth-order valence-corrected chi connectivity index (χ4v) is 3.26. The zero-order chi connectivity index (χ0) is 20.8. The monoisotopic (exact) mass is 403 g/mol. The van der Waals surface area contributed by atoms with Crippen LogP contribution in [-0.2, 0) is 27.2 Å². The van der Waals surface area contributed by atoms with Gasteiger partial charge in [-0.1, -0.05) is 6.07 Å². The van der Waals surface area contributed by atoms with Crippen molar-refractivity contribution in [3.8, 4) is 0 Å². The lowest BCUT2D eigenvalue weighted by molar-refractivity contribution is -0.119. The number of aliphatic imine (C=N–C) groups is 1. The molecule has 2 aromatic heterocycles. The Kier molecular flexibility index (Phi) is 6.98. The molecule has 6 nitrogen and oxygen atoms in total. The molecule has 1 atom stereocenters. The molecule has 29 heavy (non-hydrogen) atoms. The highest BCUT2D eigenvalue weighted by Crippen LogP contribution is 2.22. The number of aryl methyl sites for hydroxylation is 1. The van der Waals surface area contributed by atoms with Gasteiger partial charge in [-0.25, -0.2) is 13.8 Å². The quantitative estimate of drug-likeness (QED) is 0.643. The molecule has 0 bridgehead atoms. The van der Waals surface area contributed by atoms with Crippen LogP contribution in [0, 0.1) is 6.92 Å². The predicted molar refractivity (Wildman–Crippen MR) is 103 cm³/mol. The molecule has 0 spiro atoms. The second kappa shape index (κ2) is 9.65. The molecular formula is C21H23F2N3O3. The van der Waals surface area contributed by atoms with E-state index in [9.17, 15) is 13.6 Å². The van der Waals surface area contributed by atoms with Gasteiger partial charge in [-0.05, 0) is 30.7 Å². The summed E-state index contributed by atoms with van der Waals surface area (Å²) in [6.07, 6.45) is -0.562. The Labute approximate surface area is 168 Å². The van der Waals surface area contributed by atoms with Crippen molar-refractivity contribution in [3.05, 3.63) is 58.7 Å². The first kappa shape index (κ1) is 21.0. The molecule has 0 fully saturated rings. The third-order valence-electron chi connectivity index (χ3n) is 4.56. The maximum Gasteiger partial charge on any atom is 0.272 e. The van der Waals surface area contributed by atoms with E-state index in [4.69, 9.17) is 9.47 Å². The average Bonchev–Trinajstić information content (AvgIpc) is 3.08. The van der Waals surface area contributed by atoms with Crippen LogP contribution in [0.1, 0.15) is 40.5 Å². The molecule has 3 heterocycles. The van der Waals surface area contributed by atoms with Crippen LogP contribution < -0.4 is 0 Å². The molecule has 0 saturated heterocycles. The van der Waals surface area contributed by atoms with Gasteiger partial charge < -0.3 is 9.47 Å². The molecular weight excluding hydrogens is 380 g/mol. The van der Waals surface area contributed by atoms with Crippen molar-refractivity contribution in [2.75, 3.05) is 20.3 Å². The van der Waals surface area contributed by atoms with Crippen LogP contribution in [-0.4, -0.2) is 48.4 Å². The molecule has 2 aromatic rings. The Morgan fingerprint density at radius 3 is 2.83 bits per heavy atom. The number of ether oxygens (including phenoxy) is 2. The van der Waals surface area contributed by atoms with Crippen molar-refractivity contribution in [2.24, 2.45) is 4.99 Å².